The first kappa shape index (κ1) is 40.5. The lowest BCUT2D eigenvalue weighted by molar-refractivity contribution is -0.539. The quantitative estimate of drug-likeness (QED) is 0.0995. The van der Waals surface area contributed by atoms with E-state index in [9.17, 15) is 25.3 Å². The van der Waals surface area contributed by atoms with Crippen LogP contribution in [0.15, 0.2) is 142 Å². The zero-order chi connectivity index (χ0) is 39.1. The third-order valence-corrected chi connectivity index (χ3v) is 12.9. The molecule has 54 heavy (non-hydrogen) atoms. The first-order chi connectivity index (χ1) is 25.8. The molecule has 14 heteroatoms. The average molecular weight is 792 g/mol. The lowest BCUT2D eigenvalue weighted by Crippen LogP contribution is -2.22. The number of anilines is 1. The van der Waals surface area contributed by atoms with Gasteiger partial charge in [-0.05, 0) is 90.7 Å². The van der Waals surface area contributed by atoms with Gasteiger partial charge in [0.1, 0.15) is 11.4 Å². The van der Waals surface area contributed by atoms with Gasteiger partial charge in [0.25, 0.3) is 30.4 Å². The van der Waals surface area contributed by atoms with Gasteiger partial charge in [0.2, 0.25) is 0 Å². The van der Waals surface area contributed by atoms with Gasteiger partial charge in [-0.25, -0.2) is 4.58 Å². The largest absolute Gasteiger partial charge is 0.367 e. The second kappa shape index (κ2) is 17.2. The molecule has 0 bridgehead atoms. The van der Waals surface area contributed by atoms with Crippen LogP contribution in [0.1, 0.15) is 36.1 Å². The van der Waals surface area contributed by atoms with Gasteiger partial charge in [-0.1, -0.05) is 54.6 Å². The minimum atomic E-state index is -4.08. The Kier molecular flexibility index (Phi) is 12.9. The van der Waals surface area contributed by atoms with E-state index in [-0.39, 0.29) is 14.7 Å². The predicted octanol–water partition coefficient (Wildman–Crippen LogP) is 6.32. The summed E-state index contributed by atoms with van der Waals surface area (Å²) in [6.07, 6.45) is 7.77. The van der Waals surface area contributed by atoms with Crippen LogP contribution in [0.5, 0.6) is 0 Å². The molecule has 4 aromatic carbocycles. The molecule has 0 N–H and O–H groups in total. The number of hydrogen-bond acceptors (Lipinski definition) is 10. The Morgan fingerprint density at radius 3 is 1.74 bits per heavy atom. The molecule has 11 nitrogen and oxygen atoms in total. The van der Waals surface area contributed by atoms with Crippen LogP contribution in [-0.4, -0.2) is 70.0 Å². The molecule has 0 unspecified atom stereocenters. The van der Waals surface area contributed by atoms with E-state index in [4.69, 9.17) is 12.5 Å². The zero-order valence-corrected chi connectivity index (χ0v) is 33.1. The summed E-state index contributed by atoms with van der Waals surface area (Å²) < 4.78 is 92.0. The molecule has 0 fully saturated rings. The van der Waals surface area contributed by atoms with Crippen molar-refractivity contribution in [1.29, 1.82) is 0 Å². The highest BCUT2D eigenvalue weighted by Crippen LogP contribution is 2.35. The van der Waals surface area contributed by atoms with E-state index in [0.717, 1.165) is 55.0 Å². The van der Waals surface area contributed by atoms with Crippen molar-refractivity contribution >= 4 is 47.3 Å². The molecule has 0 aromatic heterocycles. The van der Waals surface area contributed by atoms with Crippen molar-refractivity contribution in [1.82, 2.24) is 0 Å². The summed E-state index contributed by atoms with van der Waals surface area (Å²) in [7, 11) is -8.37. The van der Waals surface area contributed by atoms with Crippen molar-refractivity contribution in [2.45, 2.75) is 41.6 Å². The van der Waals surface area contributed by atoms with Crippen LogP contribution in [-0.2, 0) is 56.0 Å². The lowest BCUT2D eigenvalue weighted by atomic mass is 9.90. The fourth-order valence-corrected chi connectivity index (χ4v) is 8.47. The summed E-state index contributed by atoms with van der Waals surface area (Å²) in [6.45, 7) is 6.16. The maximum absolute atomic E-state index is 13.2. The van der Waals surface area contributed by atoms with E-state index in [1.165, 1.54) is 18.2 Å². The van der Waals surface area contributed by atoms with E-state index in [1.54, 1.807) is 42.5 Å². The molecular weight excluding hydrogens is 749 g/mol. The molecule has 0 spiro atoms. The molecule has 4 aromatic rings. The van der Waals surface area contributed by atoms with E-state index >= 15 is 0 Å². The molecule has 1 aliphatic rings. The van der Waals surface area contributed by atoms with Crippen molar-refractivity contribution < 1.29 is 42.4 Å². The standard InChI is InChI=1S/C40H43N2O9S3/c1-6-41(28-30-12-10-14-36(26-30)52(43,44)49-3)34-22-18-32(19-23-34)40(38-16-8-9-17-39(38)54(47,48)51-5)33-20-24-35(25-21-33)42(7-2)29-31-13-11-15-37(27-31)53(45,46)50-4/h8-27H,6-7,28-29H2,1-5H3/q+1. The van der Waals surface area contributed by atoms with E-state index < -0.39 is 30.4 Å². The summed E-state index contributed by atoms with van der Waals surface area (Å²) in [5.74, 6) is 0. The fourth-order valence-electron chi connectivity index (χ4n) is 6.14. The lowest BCUT2D eigenvalue weighted by Gasteiger charge is -2.24. The van der Waals surface area contributed by atoms with Gasteiger partial charge in [-0.2, -0.15) is 25.3 Å². The molecule has 0 saturated carbocycles. The molecular formula is C40H43N2O9S3+. The SMILES string of the molecule is CCN(Cc1cccc(S(=O)(=O)OC)c1)c1ccc(C(=C2C=CC(=[N+](CC)Cc3cccc(S(=O)(=O)OC)c3)C=C2)c2ccccc2S(=O)(=O)OC)cc1. The second-order valence-electron chi connectivity index (χ2n) is 12.2. The van der Waals surface area contributed by atoms with Crippen LogP contribution in [0, 0.1) is 0 Å². The van der Waals surface area contributed by atoms with E-state index in [1.807, 2.05) is 74.5 Å². The van der Waals surface area contributed by atoms with Gasteiger partial charge >= 0.3 is 0 Å². The highest BCUT2D eigenvalue weighted by atomic mass is 32.2. The van der Waals surface area contributed by atoms with Crippen molar-refractivity contribution in [2.75, 3.05) is 39.3 Å². The van der Waals surface area contributed by atoms with Crippen LogP contribution < -0.4 is 4.90 Å². The first-order valence-electron chi connectivity index (χ1n) is 17.0. The highest BCUT2D eigenvalue weighted by Gasteiger charge is 2.24. The van der Waals surface area contributed by atoms with Crippen molar-refractivity contribution in [3.63, 3.8) is 0 Å². The number of allylic oxidation sites excluding steroid dienone is 5. The van der Waals surface area contributed by atoms with Gasteiger partial charge in [0.05, 0.1) is 31.1 Å². The maximum atomic E-state index is 13.2. The Labute approximate surface area is 318 Å². The van der Waals surface area contributed by atoms with Crippen LogP contribution in [0.25, 0.3) is 5.57 Å². The molecule has 0 saturated heterocycles. The number of nitrogens with zero attached hydrogens (tertiary/aromatic N) is 2. The highest BCUT2D eigenvalue weighted by molar-refractivity contribution is 7.87. The molecule has 0 amide bonds. The van der Waals surface area contributed by atoms with Gasteiger partial charge in [0, 0.05) is 42.1 Å². The number of hydrogen-bond donors (Lipinski definition) is 0. The van der Waals surface area contributed by atoms with Crippen molar-refractivity contribution in [3.8, 4) is 0 Å². The molecule has 0 aliphatic heterocycles. The Bertz CT molecular complexity index is 2450. The Balaban J connectivity index is 1.55. The first-order valence-corrected chi connectivity index (χ1v) is 21.3. The number of rotatable bonds is 15. The topological polar surface area (TPSA) is 136 Å². The van der Waals surface area contributed by atoms with Gasteiger partial charge in [-0.15, -0.1) is 0 Å². The second-order valence-corrected chi connectivity index (χ2v) is 17.3. The zero-order valence-electron chi connectivity index (χ0n) is 30.7. The summed E-state index contributed by atoms with van der Waals surface area (Å²) >= 11 is 0. The Hall–Kier alpha value is -4.70. The van der Waals surface area contributed by atoms with Crippen LogP contribution >= 0.6 is 0 Å². The predicted molar refractivity (Wildman–Crippen MR) is 209 cm³/mol. The van der Waals surface area contributed by atoms with Gasteiger partial charge in [0.15, 0.2) is 12.3 Å². The fraction of sp³-hybridized carbons (Fsp3) is 0.225. The third-order valence-electron chi connectivity index (χ3n) is 9.01. The average Bonchev–Trinajstić information content (AvgIpc) is 3.20. The van der Waals surface area contributed by atoms with Crippen LogP contribution in [0.4, 0.5) is 5.69 Å². The van der Waals surface area contributed by atoms with Gasteiger partial charge < -0.3 is 4.90 Å². The molecule has 1 aliphatic carbocycles. The summed E-state index contributed by atoms with van der Waals surface area (Å²) in [4.78, 5) is 2.29. The van der Waals surface area contributed by atoms with E-state index in [2.05, 4.69) is 9.48 Å². The molecule has 284 valence electrons. The maximum Gasteiger partial charge on any atom is 0.297 e. The number of benzene rings is 4. The van der Waals surface area contributed by atoms with Crippen LogP contribution in [0.3, 0.4) is 0 Å². The minimum absolute atomic E-state index is 0.0257. The molecule has 0 heterocycles. The van der Waals surface area contributed by atoms with Gasteiger partial charge in [-0.3, -0.25) is 12.5 Å². The Morgan fingerprint density at radius 1 is 0.630 bits per heavy atom. The monoisotopic (exact) mass is 791 g/mol. The minimum Gasteiger partial charge on any atom is -0.367 e. The summed E-state index contributed by atoms with van der Waals surface area (Å²) in [5, 5.41) is 0. The smallest absolute Gasteiger partial charge is 0.297 e. The normalized spacial score (nSPS) is 13.3. The molecule has 5 rings (SSSR count). The van der Waals surface area contributed by atoms with Crippen molar-refractivity contribution in [3.05, 3.63) is 149 Å². The van der Waals surface area contributed by atoms with Crippen molar-refractivity contribution in [2.24, 2.45) is 0 Å². The van der Waals surface area contributed by atoms with Crippen LogP contribution in [0.2, 0.25) is 0 Å². The summed E-state index contributed by atoms with van der Waals surface area (Å²) in [5.41, 5.74) is 6.01. The molecule has 0 radical (unpaired) electrons. The Morgan fingerprint density at radius 2 is 1.19 bits per heavy atom. The van der Waals surface area contributed by atoms with E-state index in [0.29, 0.717) is 37.3 Å². The molecule has 0 atom stereocenters. The third kappa shape index (κ3) is 9.14. The summed E-state index contributed by atoms with van der Waals surface area (Å²) in [6, 6.07) is 27.7.